The summed E-state index contributed by atoms with van der Waals surface area (Å²) in [5.41, 5.74) is 6.41. The number of amides is 1. The molecule has 1 saturated carbocycles. The van der Waals surface area contributed by atoms with Gasteiger partial charge in [-0.3, -0.25) is 4.79 Å². The molecule has 2 fully saturated rings. The van der Waals surface area contributed by atoms with Gasteiger partial charge in [-0.05, 0) is 65.2 Å². The fourth-order valence-corrected chi connectivity index (χ4v) is 5.54. The molecule has 8 nitrogen and oxygen atoms in total. The molecule has 0 radical (unpaired) electrons. The van der Waals surface area contributed by atoms with E-state index in [0.29, 0.717) is 18.1 Å². The van der Waals surface area contributed by atoms with Crippen molar-refractivity contribution in [2.45, 2.75) is 63.6 Å². The van der Waals surface area contributed by atoms with Crippen LogP contribution >= 0.6 is 15.9 Å². The van der Waals surface area contributed by atoms with Gasteiger partial charge in [-0.2, -0.15) is 0 Å². The first kappa shape index (κ1) is 24.7. The highest BCUT2D eigenvalue weighted by Gasteiger charge is 2.44. The predicted molar refractivity (Wildman–Crippen MR) is 132 cm³/mol. The number of nitrogens with zero attached hydrogens (tertiary/aromatic N) is 2. The van der Waals surface area contributed by atoms with Crippen LogP contribution < -0.4 is 15.2 Å². The third-order valence-corrected chi connectivity index (χ3v) is 7.45. The fourth-order valence-electron chi connectivity index (χ4n) is 5.03. The normalized spacial score (nSPS) is 21.9. The topological polar surface area (TPSA) is 104 Å². The molecule has 0 bridgehead atoms. The average molecular weight is 534 g/mol. The second-order valence-corrected chi connectivity index (χ2v) is 9.84. The SMILES string of the molecule is CCOC(=O)[C@@H]1C[C@@H](Oc2nccc3cc(OC)c(Br)cc23)CN1C(=O)[C@@H](N)C1CCCCC1. The maximum atomic E-state index is 13.4. The molecule has 3 atom stereocenters. The molecule has 9 heteroatoms. The van der Waals surface area contributed by atoms with Crippen molar-refractivity contribution in [2.24, 2.45) is 11.7 Å². The number of rotatable bonds is 7. The van der Waals surface area contributed by atoms with Crippen LogP contribution in [0.25, 0.3) is 10.8 Å². The highest BCUT2D eigenvalue weighted by molar-refractivity contribution is 9.10. The van der Waals surface area contributed by atoms with Crippen molar-refractivity contribution in [3.8, 4) is 11.6 Å². The molecule has 2 N–H and O–H groups in total. The third kappa shape index (κ3) is 5.15. The molecule has 2 aliphatic rings. The van der Waals surface area contributed by atoms with Gasteiger partial charge in [0.1, 0.15) is 17.9 Å². The summed E-state index contributed by atoms with van der Waals surface area (Å²) in [6.07, 6.45) is 6.85. The van der Waals surface area contributed by atoms with Crippen LogP contribution in [-0.2, 0) is 14.3 Å². The van der Waals surface area contributed by atoms with Crippen molar-refractivity contribution >= 4 is 38.6 Å². The van der Waals surface area contributed by atoms with E-state index in [-0.39, 0.29) is 25.0 Å². The molecule has 1 aliphatic carbocycles. The maximum absolute atomic E-state index is 13.4. The van der Waals surface area contributed by atoms with Crippen LogP contribution in [0.5, 0.6) is 11.6 Å². The van der Waals surface area contributed by atoms with E-state index in [9.17, 15) is 9.59 Å². The van der Waals surface area contributed by atoms with Crippen LogP contribution in [-0.4, -0.2) is 60.2 Å². The number of aromatic nitrogens is 1. The maximum Gasteiger partial charge on any atom is 0.328 e. The molecule has 2 aromatic rings. The van der Waals surface area contributed by atoms with Gasteiger partial charge in [-0.1, -0.05) is 19.3 Å². The molecule has 1 aliphatic heterocycles. The number of carbonyl (C=O) groups is 2. The fraction of sp³-hybridized carbons (Fsp3) is 0.560. The lowest BCUT2D eigenvalue weighted by molar-refractivity contribution is -0.153. The van der Waals surface area contributed by atoms with E-state index < -0.39 is 24.2 Å². The van der Waals surface area contributed by atoms with Crippen LogP contribution in [0.4, 0.5) is 0 Å². The molecule has 1 amide bonds. The van der Waals surface area contributed by atoms with E-state index in [4.69, 9.17) is 19.9 Å². The first-order valence-electron chi connectivity index (χ1n) is 11.9. The summed E-state index contributed by atoms with van der Waals surface area (Å²) in [5, 5.41) is 1.73. The van der Waals surface area contributed by atoms with Gasteiger partial charge < -0.3 is 24.8 Å². The van der Waals surface area contributed by atoms with Crippen LogP contribution in [0.1, 0.15) is 45.4 Å². The Kier molecular flexibility index (Phi) is 7.93. The summed E-state index contributed by atoms with van der Waals surface area (Å²) in [6.45, 7) is 2.27. The van der Waals surface area contributed by atoms with E-state index in [1.807, 2.05) is 18.2 Å². The molecule has 1 aromatic heterocycles. The highest BCUT2D eigenvalue weighted by Crippen LogP contribution is 2.35. The second-order valence-electron chi connectivity index (χ2n) is 8.98. The number of likely N-dealkylation sites (tertiary alicyclic amines) is 1. The number of methoxy groups -OCH3 is 1. The Morgan fingerprint density at radius 3 is 2.74 bits per heavy atom. The quantitative estimate of drug-likeness (QED) is 0.539. The second kappa shape index (κ2) is 10.9. The summed E-state index contributed by atoms with van der Waals surface area (Å²) in [5.74, 6) is 0.683. The van der Waals surface area contributed by atoms with E-state index in [2.05, 4.69) is 20.9 Å². The molecule has 4 rings (SSSR count). The minimum Gasteiger partial charge on any atom is -0.496 e. The smallest absolute Gasteiger partial charge is 0.328 e. The summed E-state index contributed by atoms with van der Waals surface area (Å²) in [6, 6.07) is 4.36. The Morgan fingerprint density at radius 1 is 1.26 bits per heavy atom. The lowest BCUT2D eigenvalue weighted by Gasteiger charge is -2.31. The standard InChI is InChI=1S/C25H32BrN3O5/c1-3-33-25(31)20-12-17(14-29(20)24(30)22(27)15-7-5-4-6-8-15)34-23-18-13-19(26)21(32-2)11-16(18)9-10-28-23/h9-11,13,15,17,20,22H,3-8,12,14,27H2,1-2H3/t17-,20+,22+/m1/s1. The molecule has 2 heterocycles. The number of hydrogen-bond donors (Lipinski definition) is 1. The Hall–Kier alpha value is -2.39. The number of fused-ring (bicyclic) bond motifs is 1. The zero-order chi connectivity index (χ0) is 24.2. The lowest BCUT2D eigenvalue weighted by atomic mass is 9.83. The molecular formula is C25H32BrN3O5. The van der Waals surface area contributed by atoms with E-state index in [1.165, 1.54) is 6.42 Å². The van der Waals surface area contributed by atoms with Crippen molar-refractivity contribution in [3.63, 3.8) is 0 Å². The molecule has 0 spiro atoms. The minimum atomic E-state index is -0.714. The number of halogens is 1. The Balaban J connectivity index is 1.56. The van der Waals surface area contributed by atoms with Gasteiger partial charge in [0.25, 0.3) is 0 Å². The lowest BCUT2D eigenvalue weighted by Crippen LogP contribution is -2.52. The van der Waals surface area contributed by atoms with Gasteiger partial charge in [-0.15, -0.1) is 0 Å². The predicted octanol–water partition coefficient (Wildman–Crippen LogP) is 3.82. The summed E-state index contributed by atoms with van der Waals surface area (Å²) in [7, 11) is 1.61. The average Bonchev–Trinajstić information content (AvgIpc) is 3.28. The van der Waals surface area contributed by atoms with Gasteiger partial charge in [0.2, 0.25) is 11.8 Å². The van der Waals surface area contributed by atoms with Crippen LogP contribution in [0, 0.1) is 5.92 Å². The van der Waals surface area contributed by atoms with E-state index in [0.717, 1.165) is 40.9 Å². The van der Waals surface area contributed by atoms with Crippen LogP contribution in [0.2, 0.25) is 0 Å². The van der Waals surface area contributed by atoms with Gasteiger partial charge >= 0.3 is 5.97 Å². The zero-order valence-corrected chi connectivity index (χ0v) is 21.3. The molecule has 1 aromatic carbocycles. The largest absolute Gasteiger partial charge is 0.496 e. The summed E-state index contributed by atoms with van der Waals surface area (Å²) in [4.78, 5) is 32.1. The van der Waals surface area contributed by atoms with Crippen LogP contribution in [0.3, 0.4) is 0 Å². The van der Waals surface area contributed by atoms with Gasteiger partial charge in [0.15, 0.2) is 0 Å². The summed E-state index contributed by atoms with van der Waals surface area (Å²) >= 11 is 3.52. The number of esters is 1. The van der Waals surface area contributed by atoms with Crippen molar-refractivity contribution < 1.29 is 23.8 Å². The van der Waals surface area contributed by atoms with Gasteiger partial charge in [-0.25, -0.2) is 9.78 Å². The molecule has 0 unspecified atom stereocenters. The van der Waals surface area contributed by atoms with Gasteiger partial charge in [0.05, 0.1) is 30.8 Å². The summed E-state index contributed by atoms with van der Waals surface area (Å²) < 4.78 is 17.7. The van der Waals surface area contributed by atoms with Crippen molar-refractivity contribution in [1.29, 1.82) is 0 Å². The minimum absolute atomic E-state index is 0.149. The first-order valence-corrected chi connectivity index (χ1v) is 12.7. The van der Waals surface area contributed by atoms with E-state index >= 15 is 0 Å². The van der Waals surface area contributed by atoms with Crippen molar-refractivity contribution in [1.82, 2.24) is 9.88 Å². The Bertz CT molecular complexity index is 1040. The number of nitrogens with two attached hydrogens (primary N) is 1. The first-order chi connectivity index (χ1) is 16.4. The number of pyridine rings is 1. The molecular weight excluding hydrogens is 502 g/mol. The number of hydrogen-bond acceptors (Lipinski definition) is 7. The number of ether oxygens (including phenoxy) is 3. The monoisotopic (exact) mass is 533 g/mol. The van der Waals surface area contributed by atoms with E-state index in [1.54, 1.807) is 25.1 Å². The number of benzene rings is 1. The number of carbonyl (C=O) groups excluding carboxylic acids is 2. The zero-order valence-electron chi connectivity index (χ0n) is 19.7. The molecule has 34 heavy (non-hydrogen) atoms. The van der Waals surface area contributed by atoms with Gasteiger partial charge in [0, 0.05) is 18.0 Å². The molecule has 184 valence electrons. The van der Waals surface area contributed by atoms with Crippen molar-refractivity contribution in [3.05, 3.63) is 28.9 Å². The Morgan fingerprint density at radius 2 is 2.03 bits per heavy atom. The molecule has 1 saturated heterocycles. The third-order valence-electron chi connectivity index (χ3n) is 6.83. The van der Waals surface area contributed by atoms with Crippen molar-refractivity contribution in [2.75, 3.05) is 20.3 Å². The Labute approximate surface area is 208 Å². The van der Waals surface area contributed by atoms with Crippen LogP contribution in [0.15, 0.2) is 28.9 Å². The highest BCUT2D eigenvalue weighted by atomic mass is 79.9.